The van der Waals surface area contributed by atoms with Crippen molar-refractivity contribution in [3.63, 3.8) is 0 Å². The molecule has 4 nitrogen and oxygen atoms in total. The molecule has 36 heavy (non-hydrogen) atoms. The monoisotopic (exact) mass is 462 g/mol. The van der Waals surface area contributed by atoms with E-state index < -0.39 is 0 Å². The molecule has 0 radical (unpaired) electrons. The van der Waals surface area contributed by atoms with Crippen molar-refractivity contribution in [2.45, 2.75) is 6.92 Å². The Hall–Kier alpha value is -4.83. The van der Waals surface area contributed by atoms with E-state index in [4.69, 9.17) is 4.98 Å². The van der Waals surface area contributed by atoms with Crippen molar-refractivity contribution in [3.05, 3.63) is 121 Å². The molecule has 3 aromatic heterocycles. The zero-order chi connectivity index (χ0) is 23.8. The number of fused-ring (bicyclic) bond motifs is 8. The number of aryl methyl sites for hydroxylation is 1. The van der Waals surface area contributed by atoms with E-state index in [1.54, 1.807) is 0 Å². The summed E-state index contributed by atoms with van der Waals surface area (Å²) in [4.78, 5) is 5.11. The first-order chi connectivity index (χ1) is 17.8. The van der Waals surface area contributed by atoms with E-state index >= 15 is 0 Å². The van der Waals surface area contributed by atoms with Crippen LogP contribution in [0.3, 0.4) is 0 Å². The summed E-state index contributed by atoms with van der Waals surface area (Å²) in [5.74, 6) is 0.933. The second-order valence-electron chi connectivity index (χ2n) is 9.45. The Morgan fingerprint density at radius 1 is 0.500 bits per heavy atom. The van der Waals surface area contributed by atoms with Crippen molar-refractivity contribution in [1.82, 2.24) is 18.5 Å². The van der Waals surface area contributed by atoms with Crippen molar-refractivity contribution < 1.29 is 0 Å². The maximum Gasteiger partial charge on any atom is 0.220 e. The van der Waals surface area contributed by atoms with Crippen LogP contribution in [0.2, 0.25) is 0 Å². The maximum atomic E-state index is 5.11. The summed E-state index contributed by atoms with van der Waals surface area (Å²) in [5.41, 5.74) is 10.4. The second kappa shape index (κ2) is 7.09. The Labute approximate surface area is 207 Å². The van der Waals surface area contributed by atoms with Crippen molar-refractivity contribution in [1.29, 1.82) is 0 Å². The number of aromatic nitrogens is 4. The topological polar surface area (TPSA) is 27.2 Å². The molecular formula is C32H22N4. The van der Waals surface area contributed by atoms with Gasteiger partial charge in [0.1, 0.15) is 0 Å². The quantitative estimate of drug-likeness (QED) is 0.257. The van der Waals surface area contributed by atoms with Crippen molar-refractivity contribution >= 4 is 49.7 Å². The van der Waals surface area contributed by atoms with Gasteiger partial charge in [-0.2, -0.15) is 0 Å². The predicted molar refractivity (Wildman–Crippen MR) is 149 cm³/mol. The first-order valence-electron chi connectivity index (χ1n) is 12.3. The third kappa shape index (κ3) is 2.56. The highest BCUT2D eigenvalue weighted by molar-refractivity contribution is 6.10. The van der Waals surface area contributed by atoms with Gasteiger partial charge in [0, 0.05) is 22.1 Å². The van der Waals surface area contributed by atoms with Gasteiger partial charge in [-0.1, -0.05) is 54.6 Å². The Kier molecular flexibility index (Phi) is 3.84. The normalized spacial score (nSPS) is 12.0. The molecule has 0 N–H and O–H groups in total. The van der Waals surface area contributed by atoms with E-state index in [1.807, 2.05) is 0 Å². The number of rotatable bonds is 2. The number of hydrogen-bond acceptors (Lipinski definition) is 1. The van der Waals surface area contributed by atoms with Gasteiger partial charge in [-0.15, -0.1) is 0 Å². The average molecular weight is 463 g/mol. The lowest BCUT2D eigenvalue weighted by Gasteiger charge is -2.09. The molecule has 0 aliphatic heterocycles. The zero-order valence-electron chi connectivity index (χ0n) is 19.8. The number of nitrogens with zero attached hydrogens (tertiary/aromatic N) is 4. The molecule has 0 fully saturated rings. The zero-order valence-corrected chi connectivity index (χ0v) is 19.8. The molecule has 0 aliphatic rings. The molecular weight excluding hydrogens is 440 g/mol. The van der Waals surface area contributed by atoms with Gasteiger partial charge >= 0.3 is 0 Å². The molecule has 0 atom stereocenters. The molecule has 5 aromatic carbocycles. The number of para-hydroxylation sites is 4. The first-order valence-corrected chi connectivity index (χ1v) is 12.3. The fourth-order valence-corrected chi connectivity index (χ4v) is 5.72. The van der Waals surface area contributed by atoms with Crippen molar-refractivity contribution in [2.75, 3.05) is 0 Å². The lowest BCUT2D eigenvalue weighted by molar-refractivity contribution is 1.11. The summed E-state index contributed by atoms with van der Waals surface area (Å²) in [7, 11) is 0. The van der Waals surface area contributed by atoms with Crippen molar-refractivity contribution in [3.8, 4) is 11.4 Å². The Morgan fingerprint density at radius 3 is 2.06 bits per heavy atom. The van der Waals surface area contributed by atoms with E-state index in [0.29, 0.717) is 0 Å². The molecule has 0 aliphatic carbocycles. The van der Waals surface area contributed by atoms with Gasteiger partial charge in [-0.05, 0) is 73.2 Å². The summed E-state index contributed by atoms with van der Waals surface area (Å²) in [6.07, 6.45) is 0. The highest BCUT2D eigenvalue weighted by atomic mass is 15.2. The van der Waals surface area contributed by atoms with Gasteiger partial charge in [0.05, 0.1) is 33.1 Å². The van der Waals surface area contributed by atoms with Crippen molar-refractivity contribution in [2.24, 2.45) is 0 Å². The van der Waals surface area contributed by atoms with Gasteiger partial charge < -0.3 is 4.57 Å². The van der Waals surface area contributed by atoms with Gasteiger partial charge in [-0.3, -0.25) is 8.97 Å². The van der Waals surface area contributed by atoms with E-state index in [1.165, 1.54) is 33.1 Å². The molecule has 0 unspecified atom stereocenters. The van der Waals surface area contributed by atoms with Crippen LogP contribution >= 0.6 is 0 Å². The summed E-state index contributed by atoms with van der Waals surface area (Å²) >= 11 is 0. The minimum Gasteiger partial charge on any atom is -0.309 e. The van der Waals surface area contributed by atoms with Crippen LogP contribution in [0, 0.1) is 6.92 Å². The summed E-state index contributed by atoms with van der Waals surface area (Å²) in [6, 6.07) is 41.1. The summed E-state index contributed by atoms with van der Waals surface area (Å²) < 4.78 is 6.92. The predicted octanol–water partition coefficient (Wildman–Crippen LogP) is 7.84. The molecule has 8 aromatic rings. The van der Waals surface area contributed by atoms with Crippen LogP contribution in [0.4, 0.5) is 0 Å². The molecule has 0 spiro atoms. The molecule has 0 bridgehead atoms. The van der Waals surface area contributed by atoms with Gasteiger partial charge in [0.25, 0.3) is 0 Å². The maximum absolute atomic E-state index is 5.11. The summed E-state index contributed by atoms with van der Waals surface area (Å²) in [5, 5.41) is 2.48. The van der Waals surface area contributed by atoms with Crippen LogP contribution in [0.5, 0.6) is 0 Å². The molecule has 8 rings (SSSR count). The third-order valence-corrected chi connectivity index (χ3v) is 7.28. The Bertz CT molecular complexity index is 2110. The largest absolute Gasteiger partial charge is 0.309 e. The SMILES string of the molecule is Cc1ccc2c(c1)nc1n(-c3ccc4c(c3)c3ccccc3n4-c3ccccc3)c3ccccc3n21. The molecule has 3 heterocycles. The average Bonchev–Trinajstić information content (AvgIpc) is 3.55. The molecule has 0 saturated heterocycles. The van der Waals surface area contributed by atoms with E-state index in [0.717, 1.165) is 33.5 Å². The highest BCUT2D eigenvalue weighted by Gasteiger charge is 2.19. The molecule has 170 valence electrons. The molecule has 0 saturated carbocycles. The minimum absolute atomic E-state index is 0.933. The van der Waals surface area contributed by atoms with E-state index in [9.17, 15) is 0 Å². The Balaban J connectivity index is 1.49. The van der Waals surface area contributed by atoms with Gasteiger partial charge in [0.15, 0.2) is 0 Å². The minimum atomic E-state index is 0.933. The van der Waals surface area contributed by atoms with Crippen LogP contribution in [0.25, 0.3) is 61.0 Å². The second-order valence-corrected chi connectivity index (χ2v) is 9.45. The fourth-order valence-electron chi connectivity index (χ4n) is 5.72. The lowest BCUT2D eigenvalue weighted by Crippen LogP contribution is -1.96. The van der Waals surface area contributed by atoms with Crippen LogP contribution in [0.1, 0.15) is 5.56 Å². The standard InChI is InChI=1S/C32H22N4/c1-21-15-17-29-26(19-21)33-32-35(30-13-7-8-14-31(30)36(29)32)23-16-18-28-25(20-23)24-11-5-6-12-27(24)34(28)22-9-3-2-4-10-22/h2-20H,1H3. The number of imidazole rings is 2. The van der Waals surface area contributed by atoms with Gasteiger partial charge in [-0.25, -0.2) is 4.98 Å². The number of benzene rings is 5. The van der Waals surface area contributed by atoms with Crippen LogP contribution in [0.15, 0.2) is 115 Å². The van der Waals surface area contributed by atoms with E-state index in [-0.39, 0.29) is 0 Å². The van der Waals surface area contributed by atoms with Crippen LogP contribution in [-0.4, -0.2) is 18.5 Å². The third-order valence-electron chi connectivity index (χ3n) is 7.28. The first kappa shape index (κ1) is 19.5. The smallest absolute Gasteiger partial charge is 0.220 e. The van der Waals surface area contributed by atoms with Crippen LogP contribution < -0.4 is 0 Å². The van der Waals surface area contributed by atoms with Crippen LogP contribution in [-0.2, 0) is 0 Å². The Morgan fingerprint density at radius 2 is 1.19 bits per heavy atom. The lowest BCUT2D eigenvalue weighted by atomic mass is 10.1. The highest BCUT2D eigenvalue weighted by Crippen LogP contribution is 2.35. The molecule has 4 heteroatoms. The molecule has 0 amide bonds. The fraction of sp³-hybridized carbons (Fsp3) is 0.0312. The summed E-state index contributed by atoms with van der Waals surface area (Å²) in [6.45, 7) is 2.12. The van der Waals surface area contributed by atoms with Gasteiger partial charge in [0.2, 0.25) is 5.78 Å². The number of hydrogen-bond donors (Lipinski definition) is 0. The van der Waals surface area contributed by atoms with E-state index in [2.05, 4.69) is 136 Å².